The first-order chi connectivity index (χ1) is 9.84. The van der Waals surface area contributed by atoms with E-state index in [4.69, 9.17) is 5.11 Å². The fourth-order valence-corrected chi connectivity index (χ4v) is 3.16. The van der Waals surface area contributed by atoms with Gasteiger partial charge < -0.3 is 10.4 Å². The van der Waals surface area contributed by atoms with Gasteiger partial charge in [0.05, 0.1) is 5.56 Å². The molecule has 0 spiro atoms. The van der Waals surface area contributed by atoms with Gasteiger partial charge in [0.15, 0.2) is 0 Å². The van der Waals surface area contributed by atoms with Crippen LogP contribution in [0.1, 0.15) is 11.1 Å². The number of carboxylic acid groups (broad SMARTS) is 1. The van der Waals surface area contributed by atoms with E-state index in [1.807, 2.05) is 0 Å². The molecule has 1 aromatic carbocycles. The molecule has 0 bridgehead atoms. The molecule has 3 rings (SSSR count). The molecule has 1 saturated carbocycles. The lowest BCUT2D eigenvalue weighted by atomic mass is 10.1. The van der Waals surface area contributed by atoms with Crippen LogP contribution in [0.5, 0.6) is 0 Å². The summed E-state index contributed by atoms with van der Waals surface area (Å²) < 4.78 is 37.4. The van der Waals surface area contributed by atoms with Crippen LogP contribution in [0, 0.1) is 11.8 Å². The van der Waals surface area contributed by atoms with Crippen molar-refractivity contribution in [2.75, 3.05) is 13.1 Å². The van der Waals surface area contributed by atoms with Crippen LogP contribution < -0.4 is 5.32 Å². The zero-order valence-corrected chi connectivity index (χ0v) is 11.1. The fourth-order valence-electron chi connectivity index (χ4n) is 3.16. The quantitative estimate of drug-likeness (QED) is 0.901. The molecule has 114 valence electrons. The largest absolute Gasteiger partial charge is 0.465 e. The molecule has 2 fully saturated rings. The van der Waals surface area contributed by atoms with Crippen LogP contribution in [-0.4, -0.2) is 35.2 Å². The van der Waals surface area contributed by atoms with E-state index in [0.717, 1.165) is 30.8 Å². The SMILES string of the molecule is O=C(O)NC1[C@H]2CN(Cc3ccc(C(F)(F)F)cc3)C[C@@H]12. The number of hydrogen-bond acceptors (Lipinski definition) is 2. The van der Waals surface area contributed by atoms with Crippen LogP contribution in [0.25, 0.3) is 0 Å². The van der Waals surface area contributed by atoms with Crippen LogP contribution >= 0.6 is 0 Å². The van der Waals surface area contributed by atoms with Crippen LogP contribution in [0.4, 0.5) is 18.0 Å². The lowest BCUT2D eigenvalue weighted by molar-refractivity contribution is -0.137. The van der Waals surface area contributed by atoms with Crippen molar-refractivity contribution in [3.05, 3.63) is 35.4 Å². The maximum Gasteiger partial charge on any atom is 0.416 e. The van der Waals surface area contributed by atoms with E-state index in [1.54, 1.807) is 0 Å². The van der Waals surface area contributed by atoms with Gasteiger partial charge in [-0.1, -0.05) is 12.1 Å². The van der Waals surface area contributed by atoms with Gasteiger partial charge in [0.2, 0.25) is 0 Å². The smallest absolute Gasteiger partial charge is 0.416 e. The van der Waals surface area contributed by atoms with Crippen LogP contribution in [-0.2, 0) is 12.7 Å². The molecule has 7 heteroatoms. The van der Waals surface area contributed by atoms with Gasteiger partial charge in [0, 0.05) is 25.7 Å². The highest BCUT2D eigenvalue weighted by molar-refractivity contribution is 5.65. The number of nitrogens with one attached hydrogen (secondary N) is 1. The van der Waals surface area contributed by atoms with Gasteiger partial charge in [-0.25, -0.2) is 4.79 Å². The third-order valence-electron chi connectivity index (χ3n) is 4.25. The Morgan fingerprint density at radius 2 is 1.81 bits per heavy atom. The maximum atomic E-state index is 12.5. The second kappa shape index (κ2) is 4.91. The van der Waals surface area contributed by atoms with Gasteiger partial charge in [-0.3, -0.25) is 4.90 Å². The molecule has 0 radical (unpaired) electrons. The monoisotopic (exact) mass is 300 g/mol. The summed E-state index contributed by atoms with van der Waals surface area (Å²) in [5.41, 5.74) is 0.202. The third-order valence-corrected chi connectivity index (χ3v) is 4.25. The Hall–Kier alpha value is -1.76. The van der Waals surface area contributed by atoms with Gasteiger partial charge in [-0.15, -0.1) is 0 Å². The predicted octanol–water partition coefficient (Wildman–Crippen LogP) is 2.40. The minimum Gasteiger partial charge on any atom is -0.465 e. The van der Waals surface area contributed by atoms with E-state index in [1.165, 1.54) is 12.1 Å². The zero-order chi connectivity index (χ0) is 15.2. The van der Waals surface area contributed by atoms with Crippen molar-refractivity contribution < 1.29 is 23.1 Å². The molecule has 0 aromatic heterocycles. The lowest BCUT2D eigenvalue weighted by Gasteiger charge is -2.19. The molecule has 1 saturated heterocycles. The number of benzene rings is 1. The number of alkyl halides is 3. The molecular formula is C14H15F3N2O2. The molecule has 1 unspecified atom stereocenters. The van der Waals surface area contributed by atoms with Crippen molar-refractivity contribution in [1.82, 2.24) is 10.2 Å². The molecule has 2 aliphatic rings. The summed E-state index contributed by atoms with van der Waals surface area (Å²) in [6.45, 7) is 2.18. The molecule has 1 heterocycles. The number of amides is 1. The standard InChI is InChI=1S/C14H15F3N2O2/c15-14(16,17)9-3-1-8(2-4-9)5-19-6-10-11(7-19)12(10)18-13(20)21/h1-4,10-12,18H,5-7H2,(H,20,21)/t10-,11+,12?. The van der Waals surface area contributed by atoms with E-state index in [0.29, 0.717) is 18.4 Å². The van der Waals surface area contributed by atoms with Crippen molar-refractivity contribution >= 4 is 6.09 Å². The number of likely N-dealkylation sites (tertiary alicyclic amines) is 1. The molecule has 1 aliphatic carbocycles. The lowest BCUT2D eigenvalue weighted by Crippen LogP contribution is -2.33. The summed E-state index contributed by atoms with van der Waals surface area (Å²) in [4.78, 5) is 12.7. The van der Waals surface area contributed by atoms with Crippen molar-refractivity contribution in [2.45, 2.75) is 18.8 Å². The van der Waals surface area contributed by atoms with Gasteiger partial charge in [0.1, 0.15) is 0 Å². The molecule has 1 amide bonds. The summed E-state index contributed by atoms with van der Waals surface area (Å²) in [7, 11) is 0. The second-order valence-corrected chi connectivity index (χ2v) is 5.69. The van der Waals surface area contributed by atoms with Crippen molar-refractivity contribution in [1.29, 1.82) is 0 Å². The van der Waals surface area contributed by atoms with Gasteiger partial charge >= 0.3 is 12.3 Å². The average Bonchev–Trinajstić information content (AvgIpc) is 2.83. The predicted molar refractivity (Wildman–Crippen MR) is 68.6 cm³/mol. The second-order valence-electron chi connectivity index (χ2n) is 5.69. The Morgan fingerprint density at radius 3 is 2.29 bits per heavy atom. The molecule has 21 heavy (non-hydrogen) atoms. The highest BCUT2D eigenvalue weighted by Crippen LogP contribution is 2.45. The van der Waals surface area contributed by atoms with Gasteiger partial charge in [0.25, 0.3) is 0 Å². The first-order valence-corrected chi connectivity index (χ1v) is 6.72. The third kappa shape index (κ3) is 2.97. The zero-order valence-electron chi connectivity index (χ0n) is 11.1. The number of piperidine rings is 1. The van der Waals surface area contributed by atoms with Crippen LogP contribution in [0.3, 0.4) is 0 Å². The van der Waals surface area contributed by atoms with Crippen molar-refractivity contribution in [3.63, 3.8) is 0 Å². The molecule has 1 aliphatic heterocycles. The van der Waals surface area contributed by atoms with Crippen molar-refractivity contribution in [3.8, 4) is 0 Å². The van der Waals surface area contributed by atoms with E-state index in [2.05, 4.69) is 10.2 Å². The first-order valence-electron chi connectivity index (χ1n) is 6.72. The average molecular weight is 300 g/mol. The van der Waals surface area contributed by atoms with Crippen LogP contribution in [0.15, 0.2) is 24.3 Å². The van der Waals surface area contributed by atoms with E-state index < -0.39 is 17.8 Å². The van der Waals surface area contributed by atoms with Gasteiger partial charge in [-0.05, 0) is 29.5 Å². The molecular weight excluding hydrogens is 285 g/mol. The van der Waals surface area contributed by atoms with E-state index >= 15 is 0 Å². The minimum atomic E-state index is -4.30. The Labute approximate surface area is 119 Å². The Balaban J connectivity index is 1.52. The minimum absolute atomic E-state index is 0.0476. The molecule has 1 aromatic rings. The normalized spacial score (nSPS) is 28.2. The number of fused-ring (bicyclic) bond motifs is 1. The van der Waals surface area contributed by atoms with Crippen molar-refractivity contribution in [2.24, 2.45) is 11.8 Å². The highest BCUT2D eigenvalue weighted by atomic mass is 19.4. The number of hydrogen-bond donors (Lipinski definition) is 2. The Bertz CT molecular complexity index is 532. The summed E-state index contributed by atoms with van der Waals surface area (Å²) in [5.74, 6) is 0.686. The fraction of sp³-hybridized carbons (Fsp3) is 0.500. The number of rotatable bonds is 3. The summed E-state index contributed by atoms with van der Waals surface area (Å²) >= 11 is 0. The van der Waals surface area contributed by atoms with E-state index in [9.17, 15) is 18.0 Å². The summed E-state index contributed by atoms with van der Waals surface area (Å²) in [6.07, 6.45) is -5.30. The number of halogens is 3. The highest BCUT2D eigenvalue weighted by Gasteiger charge is 2.56. The first kappa shape index (κ1) is 14.2. The maximum absolute atomic E-state index is 12.5. The Morgan fingerprint density at radius 1 is 1.24 bits per heavy atom. The number of carbonyl (C=O) groups is 1. The molecule has 2 N–H and O–H groups in total. The van der Waals surface area contributed by atoms with E-state index in [-0.39, 0.29) is 6.04 Å². The summed E-state index contributed by atoms with van der Waals surface area (Å²) in [5, 5.41) is 11.1. The molecule has 4 nitrogen and oxygen atoms in total. The van der Waals surface area contributed by atoms with Gasteiger partial charge in [-0.2, -0.15) is 13.2 Å². The number of nitrogens with zero attached hydrogens (tertiary/aromatic N) is 1. The summed E-state index contributed by atoms with van der Waals surface area (Å²) in [6, 6.07) is 5.24. The topological polar surface area (TPSA) is 52.6 Å². The Kier molecular flexibility index (Phi) is 3.32. The van der Waals surface area contributed by atoms with Crippen LogP contribution in [0.2, 0.25) is 0 Å². The molecule has 3 atom stereocenters.